The molecule has 0 aromatic heterocycles. The van der Waals surface area contributed by atoms with Crippen LogP contribution in [0.15, 0.2) is 0 Å². The zero-order valence-electron chi connectivity index (χ0n) is 3.41. The summed E-state index contributed by atoms with van der Waals surface area (Å²) in [5.41, 5.74) is 2.73. The lowest BCUT2D eigenvalue weighted by molar-refractivity contribution is 0.822. The van der Waals surface area contributed by atoms with Crippen molar-refractivity contribution in [2.75, 3.05) is 7.05 Å². The van der Waals surface area contributed by atoms with Gasteiger partial charge >= 0.3 is 0 Å². The van der Waals surface area contributed by atoms with Crippen LogP contribution in [0.25, 0.3) is 0 Å². The van der Waals surface area contributed by atoms with Crippen molar-refractivity contribution in [1.29, 1.82) is 0 Å². The standard InChI is InChI=1S/CH7BN2S/c1-3-4-5-2/h3-4H,2H2,1H3. The molecule has 0 spiro atoms. The molecule has 2 N–H and O–H groups in total. The maximum absolute atomic E-state index is 2.78. The number of hydrogen-bond donors (Lipinski definition) is 2. The summed E-state index contributed by atoms with van der Waals surface area (Å²) in [4.78, 5) is 2.78. The fraction of sp³-hybridized carbons (Fsp3) is 1.00. The van der Waals surface area contributed by atoms with Gasteiger partial charge in [-0.15, -0.1) is 11.8 Å². The Morgan fingerprint density at radius 2 is 2.40 bits per heavy atom. The minimum atomic E-state index is 1.54. The van der Waals surface area contributed by atoms with Gasteiger partial charge in [-0.25, -0.2) is 4.83 Å². The summed E-state index contributed by atoms with van der Waals surface area (Å²) in [5, 5.41) is 0. The lowest BCUT2D eigenvalue weighted by Gasteiger charge is -1.89. The Hall–Kier alpha value is 0.335. The van der Waals surface area contributed by atoms with Gasteiger partial charge in [0.1, 0.15) is 0 Å². The van der Waals surface area contributed by atoms with Crippen LogP contribution in [0.5, 0.6) is 0 Å². The number of nitrogens with one attached hydrogen (secondary N) is 2. The number of hydrazine groups is 1. The second-order valence-corrected chi connectivity index (χ2v) is 1.17. The maximum atomic E-state index is 2.78. The molecule has 0 radical (unpaired) electrons. The zero-order chi connectivity index (χ0) is 4.12. The summed E-state index contributed by atoms with van der Waals surface area (Å²) >= 11 is 1.54. The van der Waals surface area contributed by atoms with Crippen LogP contribution < -0.4 is 10.3 Å². The topological polar surface area (TPSA) is 24.1 Å². The van der Waals surface area contributed by atoms with Crippen molar-refractivity contribution in [2.45, 2.75) is 0 Å². The van der Waals surface area contributed by atoms with E-state index in [4.69, 9.17) is 0 Å². The van der Waals surface area contributed by atoms with Crippen LogP contribution in [0, 0.1) is 0 Å². The van der Waals surface area contributed by atoms with Crippen molar-refractivity contribution < 1.29 is 0 Å². The third kappa shape index (κ3) is 4.33. The molecule has 0 atom stereocenters. The minimum absolute atomic E-state index is 1.54. The van der Waals surface area contributed by atoms with Crippen LogP contribution in [0.1, 0.15) is 0 Å². The lowest BCUT2D eigenvalue weighted by Crippen LogP contribution is -2.18. The van der Waals surface area contributed by atoms with Crippen LogP contribution in [-0.2, 0) is 0 Å². The average Bonchev–Trinajstić information content (AvgIpc) is 1.41. The van der Waals surface area contributed by atoms with Gasteiger partial charge in [-0.3, -0.25) is 5.43 Å². The van der Waals surface area contributed by atoms with Gasteiger partial charge in [0.05, 0.1) is 0 Å². The van der Waals surface area contributed by atoms with E-state index in [0.29, 0.717) is 0 Å². The van der Waals surface area contributed by atoms with Gasteiger partial charge in [-0.1, -0.05) is 0 Å². The van der Waals surface area contributed by atoms with Crippen LogP contribution in [0.3, 0.4) is 0 Å². The smallest absolute Gasteiger partial charge is 0.195 e. The highest BCUT2D eigenvalue weighted by Crippen LogP contribution is 1.68. The van der Waals surface area contributed by atoms with Crippen LogP contribution in [0.2, 0.25) is 0 Å². The second kappa shape index (κ2) is 4.33. The second-order valence-electron chi connectivity index (χ2n) is 0.556. The van der Waals surface area contributed by atoms with Gasteiger partial charge in [-0.2, -0.15) is 0 Å². The predicted molar refractivity (Wildman–Crippen MR) is 28.3 cm³/mol. The molecule has 30 valence electrons. The van der Waals surface area contributed by atoms with Crippen molar-refractivity contribution in [1.82, 2.24) is 10.3 Å². The van der Waals surface area contributed by atoms with Crippen LogP contribution in [-0.4, -0.2) is 14.2 Å². The Balaban J connectivity index is 2.19. The fourth-order valence-corrected chi connectivity index (χ4v) is 0.306. The molecule has 0 unspecified atom stereocenters. The van der Waals surface area contributed by atoms with Crippen molar-refractivity contribution in [3.8, 4) is 0 Å². The monoisotopic (exact) mass is 90.0 g/mol. The molecule has 0 amide bonds. The van der Waals surface area contributed by atoms with E-state index >= 15 is 0 Å². The Bertz CT molecular complexity index is 17.1. The molecular weight excluding hydrogens is 82.9 g/mol. The van der Waals surface area contributed by atoms with E-state index in [0.717, 1.165) is 0 Å². The third-order valence-corrected chi connectivity index (χ3v) is 0.612. The van der Waals surface area contributed by atoms with Gasteiger partial charge in [0.15, 0.2) is 7.12 Å². The molecule has 0 saturated heterocycles. The fourth-order valence-electron chi connectivity index (χ4n) is 0.102. The summed E-state index contributed by atoms with van der Waals surface area (Å²) in [6, 6.07) is 0. The minimum Gasteiger partial charge on any atom is -0.252 e. The summed E-state index contributed by atoms with van der Waals surface area (Å²) in [6.45, 7) is 0. The van der Waals surface area contributed by atoms with Gasteiger partial charge < -0.3 is 0 Å². The summed E-state index contributed by atoms with van der Waals surface area (Å²) < 4.78 is 0. The molecule has 0 saturated carbocycles. The van der Waals surface area contributed by atoms with E-state index in [1.54, 1.807) is 11.8 Å². The van der Waals surface area contributed by atoms with Crippen LogP contribution >= 0.6 is 11.8 Å². The Labute approximate surface area is 37.1 Å². The highest BCUT2D eigenvalue weighted by molar-refractivity contribution is 8.18. The molecular formula is CH7BN2S. The summed E-state index contributed by atoms with van der Waals surface area (Å²) in [5.74, 6) is 0. The largest absolute Gasteiger partial charge is 0.252 e. The van der Waals surface area contributed by atoms with Crippen molar-refractivity contribution >= 4 is 18.9 Å². The van der Waals surface area contributed by atoms with E-state index in [-0.39, 0.29) is 0 Å². The molecule has 0 rings (SSSR count). The summed E-state index contributed by atoms with van der Waals surface area (Å²) in [6.07, 6.45) is 0. The van der Waals surface area contributed by atoms with Gasteiger partial charge in [-0.05, 0) is 7.05 Å². The first kappa shape index (κ1) is 5.33. The third-order valence-electron chi connectivity index (χ3n) is 0.204. The van der Waals surface area contributed by atoms with Gasteiger partial charge in [0, 0.05) is 0 Å². The predicted octanol–water partition coefficient (Wildman–Crippen LogP) is -1.09. The lowest BCUT2D eigenvalue weighted by atomic mass is 10.8. The Morgan fingerprint density at radius 3 is 2.40 bits per heavy atom. The van der Waals surface area contributed by atoms with E-state index in [1.165, 1.54) is 0 Å². The SMILES string of the molecule is BSNNC. The highest BCUT2D eigenvalue weighted by atomic mass is 32.2. The van der Waals surface area contributed by atoms with Crippen LogP contribution in [0.4, 0.5) is 0 Å². The molecule has 0 bridgehead atoms. The van der Waals surface area contributed by atoms with Crippen molar-refractivity contribution in [2.24, 2.45) is 0 Å². The number of hydrogen-bond acceptors (Lipinski definition) is 3. The normalized spacial score (nSPS) is 8.20. The first-order valence-electron chi connectivity index (χ1n) is 1.36. The molecule has 0 aliphatic heterocycles. The zero-order valence-corrected chi connectivity index (χ0v) is 4.22. The van der Waals surface area contributed by atoms with E-state index in [9.17, 15) is 0 Å². The molecule has 0 fully saturated rings. The first-order valence-corrected chi connectivity index (χ1v) is 2.59. The quantitative estimate of drug-likeness (QED) is 0.256. The molecule has 0 aliphatic carbocycles. The average molecular weight is 90.0 g/mol. The van der Waals surface area contributed by atoms with Gasteiger partial charge in [0.2, 0.25) is 0 Å². The molecule has 5 heavy (non-hydrogen) atoms. The Morgan fingerprint density at radius 1 is 1.80 bits per heavy atom. The molecule has 0 aromatic carbocycles. The maximum Gasteiger partial charge on any atom is 0.195 e. The molecule has 0 heterocycles. The van der Waals surface area contributed by atoms with E-state index < -0.39 is 0 Å². The molecule has 4 heteroatoms. The molecule has 2 nitrogen and oxygen atoms in total. The van der Waals surface area contributed by atoms with Gasteiger partial charge in [0.25, 0.3) is 0 Å². The molecule has 0 aromatic rings. The summed E-state index contributed by atoms with van der Waals surface area (Å²) in [7, 11) is 3.78. The van der Waals surface area contributed by atoms with Crippen molar-refractivity contribution in [3.05, 3.63) is 0 Å². The van der Waals surface area contributed by atoms with Crippen molar-refractivity contribution in [3.63, 3.8) is 0 Å². The Kier molecular flexibility index (Phi) is 4.63. The number of rotatable bonds is 2. The molecule has 0 aliphatic rings. The highest BCUT2D eigenvalue weighted by Gasteiger charge is 1.60. The first-order chi connectivity index (χ1) is 2.41. The van der Waals surface area contributed by atoms with E-state index in [2.05, 4.69) is 10.3 Å². The van der Waals surface area contributed by atoms with E-state index in [1.807, 2.05) is 14.2 Å².